The van der Waals surface area contributed by atoms with E-state index in [1.54, 1.807) is 6.92 Å². The fourth-order valence-corrected chi connectivity index (χ4v) is 1.80. The van der Waals surface area contributed by atoms with Gasteiger partial charge in [-0.1, -0.05) is 32.6 Å². The molecule has 0 aromatic heterocycles. The van der Waals surface area contributed by atoms with Gasteiger partial charge in [-0.3, -0.25) is 9.59 Å². The minimum atomic E-state index is -0.739. The van der Waals surface area contributed by atoms with Crippen LogP contribution < -0.4 is 16.8 Å². The summed E-state index contributed by atoms with van der Waals surface area (Å²) in [7, 11) is 0. The molecule has 0 bridgehead atoms. The molecule has 0 spiro atoms. The summed E-state index contributed by atoms with van der Waals surface area (Å²) in [6, 6.07) is -0.739. The number of hydrogen-bond donors (Lipinski definition) is 3. The molecule has 0 saturated heterocycles. The van der Waals surface area contributed by atoms with E-state index in [2.05, 4.69) is 27.7 Å². The van der Waals surface area contributed by atoms with Gasteiger partial charge in [0.25, 0.3) is 0 Å². The van der Waals surface area contributed by atoms with E-state index in [0.717, 1.165) is 25.7 Å². The molecule has 0 unspecified atom stereocenters. The number of amidine groups is 1. The fourth-order valence-electron chi connectivity index (χ4n) is 1.80. The van der Waals surface area contributed by atoms with Gasteiger partial charge in [-0.15, -0.1) is 5.10 Å². The zero-order valence-corrected chi connectivity index (χ0v) is 13.5. The van der Waals surface area contributed by atoms with E-state index >= 15 is 0 Å². The maximum absolute atomic E-state index is 11.9. The summed E-state index contributed by atoms with van der Waals surface area (Å²) in [5.74, 6) is -0.720. The highest BCUT2D eigenvalue weighted by Crippen LogP contribution is 2.05. The topological polar surface area (TPSA) is 135 Å². The lowest BCUT2D eigenvalue weighted by atomic mass is 10.1. The van der Waals surface area contributed by atoms with Crippen LogP contribution in [-0.2, 0) is 9.59 Å². The fraction of sp³-hybridized carbons (Fsp3) is 0.786. The third kappa shape index (κ3) is 10.8. The number of hydrogen-bond acceptors (Lipinski definition) is 4. The van der Waals surface area contributed by atoms with Crippen molar-refractivity contribution in [3.63, 3.8) is 0 Å². The molecule has 8 nitrogen and oxygen atoms in total. The van der Waals surface area contributed by atoms with Crippen LogP contribution in [0.4, 0.5) is 0 Å². The Morgan fingerprint density at radius 2 is 1.77 bits per heavy atom. The number of carbonyl (C=O) groups is 2. The average molecular weight is 312 g/mol. The van der Waals surface area contributed by atoms with Gasteiger partial charge >= 0.3 is 0 Å². The Bertz CT molecular complexity index is 395. The Kier molecular flexibility index (Phi) is 11.6. The van der Waals surface area contributed by atoms with Crippen molar-refractivity contribution in [2.75, 3.05) is 6.54 Å². The summed E-state index contributed by atoms with van der Waals surface area (Å²) in [6.07, 6.45) is 5.55. The van der Waals surface area contributed by atoms with Crippen LogP contribution >= 0.6 is 0 Å². The van der Waals surface area contributed by atoms with Gasteiger partial charge in [-0.2, -0.15) is 5.11 Å². The van der Waals surface area contributed by atoms with Crippen molar-refractivity contribution in [3.8, 4) is 0 Å². The van der Waals surface area contributed by atoms with Crippen molar-refractivity contribution in [1.29, 1.82) is 0 Å². The highest BCUT2D eigenvalue weighted by atomic mass is 16.2. The molecule has 8 heteroatoms. The molecule has 5 N–H and O–H groups in total. The highest BCUT2D eigenvalue weighted by molar-refractivity contribution is 5.93. The molecule has 0 aliphatic heterocycles. The lowest BCUT2D eigenvalue weighted by Crippen LogP contribution is -2.46. The molecule has 0 heterocycles. The summed E-state index contributed by atoms with van der Waals surface area (Å²) >= 11 is 0. The maximum atomic E-state index is 11.9. The Morgan fingerprint density at radius 1 is 1.09 bits per heavy atom. The van der Waals surface area contributed by atoms with E-state index in [4.69, 9.17) is 11.5 Å². The van der Waals surface area contributed by atoms with Crippen molar-refractivity contribution in [3.05, 3.63) is 0 Å². The molecule has 2 amide bonds. The van der Waals surface area contributed by atoms with Gasteiger partial charge in [-0.05, 0) is 18.6 Å². The van der Waals surface area contributed by atoms with Gasteiger partial charge in [0.1, 0.15) is 5.84 Å². The van der Waals surface area contributed by atoms with E-state index < -0.39 is 11.9 Å². The van der Waals surface area contributed by atoms with E-state index in [9.17, 15) is 9.59 Å². The second-order valence-corrected chi connectivity index (χ2v) is 5.03. The highest BCUT2D eigenvalue weighted by Gasteiger charge is 2.18. The van der Waals surface area contributed by atoms with Gasteiger partial charge in [0.15, 0.2) is 0 Å². The summed E-state index contributed by atoms with van der Waals surface area (Å²) < 4.78 is 0. The van der Waals surface area contributed by atoms with Crippen molar-refractivity contribution in [1.82, 2.24) is 5.32 Å². The first-order chi connectivity index (χ1) is 10.5. The number of rotatable bonds is 12. The summed E-state index contributed by atoms with van der Waals surface area (Å²) in [4.78, 5) is 22.9. The number of carbonyl (C=O) groups excluding carboxylic acids is 2. The van der Waals surface area contributed by atoms with Crippen molar-refractivity contribution in [2.24, 2.45) is 26.9 Å². The standard InChI is InChI=1S/C14H28N6O2/c1-3-5-6-7-8-9-13(22)18-11(10-12(15)21)14(16)19-20-17-4-2/h11H,3-10H2,1-2H3,(H2,15,21)(H,18,22)(H2,16,17,19)/t11-/m1/s1. The molecule has 0 radical (unpaired) electrons. The summed E-state index contributed by atoms with van der Waals surface area (Å²) in [5, 5.41) is 13.5. The van der Waals surface area contributed by atoms with E-state index in [0.29, 0.717) is 13.0 Å². The molecule has 0 aliphatic carbocycles. The summed E-state index contributed by atoms with van der Waals surface area (Å²) in [5.41, 5.74) is 10.9. The third-order valence-corrected chi connectivity index (χ3v) is 2.97. The normalized spacial score (nSPS) is 13.3. The van der Waals surface area contributed by atoms with Crippen LogP contribution in [0.5, 0.6) is 0 Å². The Hall–Kier alpha value is -1.99. The molecule has 0 aliphatic rings. The van der Waals surface area contributed by atoms with Crippen LogP contribution in [0.15, 0.2) is 15.4 Å². The monoisotopic (exact) mass is 312 g/mol. The average Bonchev–Trinajstić information content (AvgIpc) is 2.46. The number of nitrogens with two attached hydrogens (primary N) is 2. The SMILES string of the molecule is CCCCCCCC(=O)N[C@H](CC(N)=O)C(N)=NN=NCC. The van der Waals surface area contributed by atoms with Crippen LogP contribution in [-0.4, -0.2) is 30.2 Å². The van der Waals surface area contributed by atoms with Crippen LogP contribution in [0.25, 0.3) is 0 Å². The first kappa shape index (κ1) is 20.0. The Labute approximate surface area is 131 Å². The zero-order valence-electron chi connectivity index (χ0n) is 13.5. The predicted octanol–water partition coefficient (Wildman–Crippen LogP) is 1.45. The van der Waals surface area contributed by atoms with Gasteiger partial charge < -0.3 is 16.8 Å². The Morgan fingerprint density at radius 3 is 2.36 bits per heavy atom. The number of primary amides is 1. The zero-order chi connectivity index (χ0) is 16.8. The quantitative estimate of drug-likeness (QED) is 0.165. The molecule has 0 aromatic carbocycles. The van der Waals surface area contributed by atoms with E-state index in [1.807, 2.05) is 0 Å². The third-order valence-electron chi connectivity index (χ3n) is 2.97. The molecule has 22 heavy (non-hydrogen) atoms. The van der Waals surface area contributed by atoms with Crippen molar-refractivity contribution < 1.29 is 9.59 Å². The number of nitrogens with one attached hydrogen (secondary N) is 1. The van der Waals surface area contributed by atoms with E-state index in [1.165, 1.54) is 6.42 Å². The predicted molar refractivity (Wildman–Crippen MR) is 86.1 cm³/mol. The molecule has 0 rings (SSSR count). The van der Waals surface area contributed by atoms with Crippen molar-refractivity contribution >= 4 is 17.6 Å². The Balaban J connectivity index is 4.39. The second-order valence-electron chi connectivity index (χ2n) is 5.03. The van der Waals surface area contributed by atoms with Gasteiger partial charge in [0.05, 0.1) is 19.0 Å². The van der Waals surface area contributed by atoms with Crippen LogP contribution in [0.1, 0.15) is 58.8 Å². The van der Waals surface area contributed by atoms with Gasteiger partial charge in [0, 0.05) is 6.42 Å². The lowest BCUT2D eigenvalue weighted by Gasteiger charge is -2.16. The van der Waals surface area contributed by atoms with Crippen molar-refractivity contribution in [2.45, 2.75) is 64.8 Å². The van der Waals surface area contributed by atoms with Crippen LogP contribution in [0.3, 0.4) is 0 Å². The van der Waals surface area contributed by atoms with Crippen LogP contribution in [0, 0.1) is 0 Å². The first-order valence-corrected chi connectivity index (χ1v) is 7.78. The lowest BCUT2D eigenvalue weighted by molar-refractivity contribution is -0.122. The molecule has 126 valence electrons. The van der Waals surface area contributed by atoms with Gasteiger partial charge in [-0.25, -0.2) is 0 Å². The number of unbranched alkanes of at least 4 members (excludes halogenated alkanes) is 4. The maximum Gasteiger partial charge on any atom is 0.220 e. The molecule has 0 aromatic rings. The molecule has 1 atom stereocenters. The van der Waals surface area contributed by atoms with Gasteiger partial charge in [0.2, 0.25) is 11.8 Å². The molecular formula is C14H28N6O2. The first-order valence-electron chi connectivity index (χ1n) is 7.78. The van der Waals surface area contributed by atoms with Crippen LogP contribution in [0.2, 0.25) is 0 Å². The smallest absolute Gasteiger partial charge is 0.220 e. The summed E-state index contributed by atoms with van der Waals surface area (Å²) in [6.45, 7) is 4.41. The minimum absolute atomic E-state index is 0.0235. The molecule has 0 fully saturated rings. The molecule has 0 saturated carbocycles. The number of amides is 2. The largest absolute Gasteiger partial charge is 0.384 e. The van der Waals surface area contributed by atoms with E-state index in [-0.39, 0.29) is 18.2 Å². The molecular weight excluding hydrogens is 284 g/mol. The number of nitrogens with zero attached hydrogens (tertiary/aromatic N) is 3. The second kappa shape index (κ2) is 12.7. The minimum Gasteiger partial charge on any atom is -0.384 e.